The minimum absolute atomic E-state index is 0.441. The fourth-order valence-electron chi connectivity index (χ4n) is 1.85. The van der Waals surface area contributed by atoms with E-state index in [0.717, 1.165) is 16.8 Å². The Hall–Kier alpha value is -2.50. The van der Waals surface area contributed by atoms with Crippen molar-refractivity contribution in [2.24, 2.45) is 0 Å². The van der Waals surface area contributed by atoms with Crippen LogP contribution in [0.3, 0.4) is 0 Å². The summed E-state index contributed by atoms with van der Waals surface area (Å²) >= 11 is 0. The van der Waals surface area contributed by atoms with Crippen molar-refractivity contribution in [3.8, 4) is 5.82 Å². The smallest absolute Gasteiger partial charge is 0.170 e. The highest BCUT2D eigenvalue weighted by Gasteiger charge is 2.11. The second-order valence-electron chi connectivity index (χ2n) is 4.14. The van der Waals surface area contributed by atoms with E-state index in [4.69, 9.17) is 5.73 Å². The molecule has 0 atom stereocenters. The number of pyridine rings is 1. The van der Waals surface area contributed by atoms with Crippen LogP contribution in [0.25, 0.3) is 16.9 Å². The summed E-state index contributed by atoms with van der Waals surface area (Å²) in [6.45, 7) is 3.81. The maximum Gasteiger partial charge on any atom is 0.170 e. The molecule has 6 nitrogen and oxygen atoms in total. The topological polar surface area (TPSA) is 82.5 Å². The Balaban J connectivity index is 2.30. The Morgan fingerprint density at radius 3 is 2.83 bits per heavy atom. The monoisotopic (exact) mass is 240 g/mol. The molecule has 90 valence electrons. The van der Waals surface area contributed by atoms with Gasteiger partial charge in [-0.2, -0.15) is 9.78 Å². The highest BCUT2D eigenvalue weighted by Crippen LogP contribution is 2.19. The number of hydrogen-bond acceptors (Lipinski definition) is 5. The highest BCUT2D eigenvalue weighted by atomic mass is 15.3. The predicted octanol–water partition coefficient (Wildman–Crippen LogP) is 1.41. The predicted molar refractivity (Wildman–Crippen MR) is 68.3 cm³/mol. The average Bonchev–Trinajstić information content (AvgIpc) is 2.72. The second kappa shape index (κ2) is 3.76. The summed E-state index contributed by atoms with van der Waals surface area (Å²) in [5, 5.41) is 5.02. The van der Waals surface area contributed by atoms with E-state index in [1.165, 1.54) is 0 Å². The van der Waals surface area contributed by atoms with E-state index in [1.807, 2.05) is 19.1 Å². The van der Waals surface area contributed by atoms with Crippen molar-refractivity contribution in [1.82, 2.24) is 24.7 Å². The zero-order chi connectivity index (χ0) is 12.7. The van der Waals surface area contributed by atoms with Crippen molar-refractivity contribution in [2.45, 2.75) is 13.8 Å². The SMILES string of the molecule is Cc1ccnc(-n2ncc3c(N)nc(C)nc32)c1. The number of nitrogen functional groups attached to an aromatic ring is 1. The number of aryl methyl sites for hydroxylation is 2. The molecule has 3 heterocycles. The van der Waals surface area contributed by atoms with Crippen LogP contribution in [0.5, 0.6) is 0 Å². The number of nitrogens with zero attached hydrogens (tertiary/aromatic N) is 5. The van der Waals surface area contributed by atoms with Gasteiger partial charge in [-0.05, 0) is 31.5 Å². The van der Waals surface area contributed by atoms with Crippen LogP contribution in [0.4, 0.5) is 5.82 Å². The van der Waals surface area contributed by atoms with Crippen molar-refractivity contribution in [3.05, 3.63) is 35.9 Å². The van der Waals surface area contributed by atoms with E-state index in [1.54, 1.807) is 24.0 Å². The Bertz CT molecular complexity index is 731. The molecule has 0 radical (unpaired) electrons. The maximum absolute atomic E-state index is 5.85. The number of hydrogen-bond donors (Lipinski definition) is 1. The fraction of sp³-hybridized carbons (Fsp3) is 0.167. The van der Waals surface area contributed by atoms with Crippen LogP contribution >= 0.6 is 0 Å². The molecule has 0 saturated carbocycles. The minimum atomic E-state index is 0.441. The molecule has 0 fully saturated rings. The van der Waals surface area contributed by atoms with Crippen molar-refractivity contribution in [3.63, 3.8) is 0 Å². The van der Waals surface area contributed by atoms with Gasteiger partial charge < -0.3 is 5.73 Å². The fourth-order valence-corrected chi connectivity index (χ4v) is 1.85. The lowest BCUT2D eigenvalue weighted by Crippen LogP contribution is -2.03. The molecule has 0 saturated heterocycles. The van der Waals surface area contributed by atoms with Gasteiger partial charge in [-0.1, -0.05) is 0 Å². The van der Waals surface area contributed by atoms with Crippen LogP contribution in [-0.2, 0) is 0 Å². The summed E-state index contributed by atoms with van der Waals surface area (Å²) in [7, 11) is 0. The zero-order valence-corrected chi connectivity index (χ0v) is 10.1. The number of anilines is 1. The van der Waals surface area contributed by atoms with Gasteiger partial charge in [0.1, 0.15) is 11.6 Å². The molecule has 18 heavy (non-hydrogen) atoms. The molecule has 0 aliphatic rings. The first-order valence-corrected chi connectivity index (χ1v) is 5.56. The van der Waals surface area contributed by atoms with Crippen molar-refractivity contribution in [1.29, 1.82) is 0 Å². The number of nitrogens with two attached hydrogens (primary N) is 1. The number of fused-ring (bicyclic) bond motifs is 1. The van der Waals surface area contributed by atoms with Crippen LogP contribution in [0.2, 0.25) is 0 Å². The van der Waals surface area contributed by atoms with E-state index in [0.29, 0.717) is 17.3 Å². The summed E-state index contributed by atoms with van der Waals surface area (Å²) in [5.41, 5.74) is 7.65. The molecule has 0 amide bonds. The van der Waals surface area contributed by atoms with Gasteiger partial charge in [-0.3, -0.25) is 0 Å². The van der Waals surface area contributed by atoms with E-state index in [2.05, 4.69) is 20.1 Å². The summed E-state index contributed by atoms with van der Waals surface area (Å²) in [4.78, 5) is 12.8. The Kier molecular flexibility index (Phi) is 2.22. The van der Waals surface area contributed by atoms with Gasteiger partial charge in [0.2, 0.25) is 0 Å². The van der Waals surface area contributed by atoms with Crippen molar-refractivity contribution >= 4 is 16.9 Å². The summed E-state index contributed by atoms with van der Waals surface area (Å²) in [5.74, 6) is 1.79. The molecule has 3 rings (SSSR count). The third-order valence-corrected chi connectivity index (χ3v) is 2.69. The first-order valence-electron chi connectivity index (χ1n) is 5.56. The largest absolute Gasteiger partial charge is 0.383 e. The summed E-state index contributed by atoms with van der Waals surface area (Å²) in [6.07, 6.45) is 3.41. The van der Waals surface area contributed by atoms with Gasteiger partial charge in [0.05, 0.1) is 11.6 Å². The summed E-state index contributed by atoms with van der Waals surface area (Å²) in [6, 6.07) is 3.88. The number of rotatable bonds is 1. The van der Waals surface area contributed by atoms with Gasteiger partial charge in [0, 0.05) is 6.20 Å². The lowest BCUT2D eigenvalue weighted by Gasteiger charge is -2.03. The van der Waals surface area contributed by atoms with E-state index < -0.39 is 0 Å². The molecule has 2 N–H and O–H groups in total. The second-order valence-corrected chi connectivity index (χ2v) is 4.14. The van der Waals surface area contributed by atoms with Gasteiger partial charge >= 0.3 is 0 Å². The molecular formula is C12H12N6. The first-order chi connectivity index (χ1) is 8.65. The lowest BCUT2D eigenvalue weighted by molar-refractivity contribution is 0.856. The van der Waals surface area contributed by atoms with Crippen LogP contribution in [0.1, 0.15) is 11.4 Å². The molecule has 0 unspecified atom stereocenters. The molecule has 0 spiro atoms. The average molecular weight is 240 g/mol. The van der Waals surface area contributed by atoms with Crippen molar-refractivity contribution in [2.75, 3.05) is 5.73 Å². The van der Waals surface area contributed by atoms with E-state index in [-0.39, 0.29) is 0 Å². The molecule has 3 aromatic heterocycles. The van der Waals surface area contributed by atoms with Crippen LogP contribution in [-0.4, -0.2) is 24.7 Å². The zero-order valence-electron chi connectivity index (χ0n) is 10.1. The number of aromatic nitrogens is 5. The van der Waals surface area contributed by atoms with Crippen LogP contribution in [0, 0.1) is 13.8 Å². The molecule has 0 bridgehead atoms. The molecule has 0 aliphatic carbocycles. The van der Waals surface area contributed by atoms with Gasteiger partial charge in [-0.15, -0.1) is 0 Å². The third-order valence-electron chi connectivity index (χ3n) is 2.69. The lowest BCUT2D eigenvalue weighted by atomic mass is 10.3. The Morgan fingerprint density at radius 1 is 1.22 bits per heavy atom. The minimum Gasteiger partial charge on any atom is -0.383 e. The Labute approximate surface area is 104 Å². The maximum atomic E-state index is 5.85. The van der Waals surface area contributed by atoms with Gasteiger partial charge in [0.25, 0.3) is 0 Å². The molecule has 6 heteroatoms. The van der Waals surface area contributed by atoms with Crippen LogP contribution < -0.4 is 5.73 Å². The third kappa shape index (κ3) is 1.58. The van der Waals surface area contributed by atoms with Gasteiger partial charge in [-0.25, -0.2) is 15.0 Å². The first kappa shape index (κ1) is 10.6. The normalized spacial score (nSPS) is 11.0. The summed E-state index contributed by atoms with van der Waals surface area (Å²) < 4.78 is 1.67. The van der Waals surface area contributed by atoms with Gasteiger partial charge in [0.15, 0.2) is 11.5 Å². The quantitative estimate of drug-likeness (QED) is 0.695. The van der Waals surface area contributed by atoms with Crippen molar-refractivity contribution < 1.29 is 0 Å². The Morgan fingerprint density at radius 2 is 2.06 bits per heavy atom. The molecule has 0 aliphatic heterocycles. The van der Waals surface area contributed by atoms with E-state index >= 15 is 0 Å². The molecule has 0 aromatic carbocycles. The standard InChI is InChI=1S/C12H12N6/c1-7-3-4-14-10(5-7)18-12-9(6-15-18)11(13)16-8(2)17-12/h3-6H,1-2H3,(H2,13,16,17). The molecular weight excluding hydrogens is 228 g/mol. The molecule has 3 aromatic rings. The van der Waals surface area contributed by atoms with E-state index in [9.17, 15) is 0 Å². The highest BCUT2D eigenvalue weighted by molar-refractivity contribution is 5.85. The van der Waals surface area contributed by atoms with Crippen LogP contribution in [0.15, 0.2) is 24.5 Å².